The molecule has 0 aromatic carbocycles. The van der Waals surface area contributed by atoms with Gasteiger partial charge in [-0.3, -0.25) is 5.84 Å². The molecule has 3 N–H and O–H groups in total. The van der Waals surface area contributed by atoms with E-state index < -0.39 is 0 Å². The van der Waals surface area contributed by atoms with E-state index in [1.54, 1.807) is 0 Å². The third-order valence-electron chi connectivity index (χ3n) is 2.10. The van der Waals surface area contributed by atoms with Gasteiger partial charge in [-0.15, -0.1) is 0 Å². The topological polar surface area (TPSA) is 41.3 Å². The molecule has 0 aliphatic carbocycles. The second kappa shape index (κ2) is 1.43. The molecule has 0 spiro atoms. The van der Waals surface area contributed by atoms with Crippen molar-refractivity contribution in [1.29, 1.82) is 0 Å². The van der Waals surface area contributed by atoms with Crippen molar-refractivity contribution in [2.45, 2.75) is 18.5 Å². The largest absolute Gasteiger partial charge is 0.311 e. The number of hydrogen-bond donors (Lipinski definition) is 2. The maximum Gasteiger partial charge on any atom is 0.0381 e. The van der Waals surface area contributed by atoms with Crippen LogP contribution in [0.1, 0.15) is 6.42 Å². The highest BCUT2D eigenvalue weighted by Gasteiger charge is 2.35. The van der Waals surface area contributed by atoms with E-state index in [4.69, 9.17) is 5.84 Å². The molecule has 2 heterocycles. The van der Waals surface area contributed by atoms with E-state index >= 15 is 0 Å². The molecular weight excluding hydrogens is 102 g/mol. The van der Waals surface area contributed by atoms with Gasteiger partial charge in [0.15, 0.2) is 0 Å². The maximum absolute atomic E-state index is 5.61. The molecule has 0 saturated carbocycles. The van der Waals surface area contributed by atoms with Gasteiger partial charge in [-0.1, -0.05) is 0 Å². The van der Waals surface area contributed by atoms with Gasteiger partial charge in [-0.2, -0.15) is 0 Å². The van der Waals surface area contributed by atoms with Crippen molar-refractivity contribution >= 4 is 0 Å². The normalized spacial score (nSPS) is 46.1. The zero-order valence-corrected chi connectivity index (χ0v) is 4.80. The van der Waals surface area contributed by atoms with Crippen LogP contribution in [0.4, 0.5) is 0 Å². The van der Waals surface area contributed by atoms with Crippen molar-refractivity contribution in [2.24, 2.45) is 5.84 Å². The number of hydrogen-bond acceptors (Lipinski definition) is 3. The Morgan fingerprint density at radius 2 is 2.50 bits per heavy atom. The zero-order chi connectivity index (χ0) is 5.56. The van der Waals surface area contributed by atoms with Gasteiger partial charge >= 0.3 is 0 Å². The average Bonchev–Trinajstić information content (AvgIpc) is 2.23. The van der Waals surface area contributed by atoms with Crippen LogP contribution in [0.25, 0.3) is 0 Å². The number of nitrogens with one attached hydrogen (secondary N) is 1. The first-order chi connectivity index (χ1) is 3.86. The summed E-state index contributed by atoms with van der Waals surface area (Å²) in [7, 11) is 0. The summed E-state index contributed by atoms with van der Waals surface area (Å²) in [4.78, 5) is 0. The lowest BCUT2D eigenvalue weighted by Gasteiger charge is -2.21. The number of piperazine rings is 1. The van der Waals surface area contributed by atoms with Gasteiger partial charge in [0, 0.05) is 25.2 Å². The van der Waals surface area contributed by atoms with Crippen molar-refractivity contribution in [3.63, 3.8) is 0 Å². The Labute approximate surface area is 48.8 Å². The highest BCUT2D eigenvalue weighted by molar-refractivity contribution is 4.94. The molecule has 46 valence electrons. The summed E-state index contributed by atoms with van der Waals surface area (Å²) in [6, 6.07) is 1.34. The molecule has 0 amide bonds. The number of nitrogens with zero attached hydrogens (tertiary/aromatic N) is 1. The van der Waals surface area contributed by atoms with Gasteiger partial charge in [0.25, 0.3) is 0 Å². The van der Waals surface area contributed by atoms with Gasteiger partial charge in [0.05, 0.1) is 0 Å². The molecule has 0 aromatic heterocycles. The second-order valence-corrected chi connectivity index (χ2v) is 2.69. The first-order valence-corrected chi connectivity index (χ1v) is 3.11. The van der Waals surface area contributed by atoms with Crippen LogP contribution in [-0.4, -0.2) is 30.2 Å². The third kappa shape index (κ3) is 0.491. The van der Waals surface area contributed by atoms with Crippen molar-refractivity contribution in [1.82, 2.24) is 10.3 Å². The lowest BCUT2D eigenvalue weighted by molar-refractivity contribution is 0.232. The fourth-order valence-corrected chi connectivity index (χ4v) is 1.59. The van der Waals surface area contributed by atoms with Crippen LogP contribution in [0.15, 0.2) is 0 Å². The molecule has 2 aliphatic rings. The molecule has 0 aromatic rings. The number of nitrogens with two attached hydrogens (primary N) is 1. The van der Waals surface area contributed by atoms with E-state index in [0.29, 0.717) is 12.1 Å². The highest BCUT2D eigenvalue weighted by Crippen LogP contribution is 2.18. The summed E-state index contributed by atoms with van der Waals surface area (Å²) in [6.45, 7) is 2.14. The minimum atomic E-state index is 0.639. The molecule has 2 bridgehead atoms. The molecule has 3 nitrogen and oxygen atoms in total. The Bertz CT molecular complexity index is 102. The van der Waals surface area contributed by atoms with Crippen molar-refractivity contribution in [2.75, 3.05) is 13.1 Å². The molecule has 8 heavy (non-hydrogen) atoms. The first kappa shape index (κ1) is 4.73. The van der Waals surface area contributed by atoms with E-state index in [1.165, 1.54) is 6.42 Å². The van der Waals surface area contributed by atoms with Gasteiger partial charge in [0.2, 0.25) is 0 Å². The minimum absolute atomic E-state index is 0.639. The van der Waals surface area contributed by atoms with E-state index in [9.17, 15) is 0 Å². The molecule has 2 saturated heterocycles. The van der Waals surface area contributed by atoms with E-state index in [-0.39, 0.29) is 0 Å². The SMILES string of the molecule is NN1C[C@@H]2C[C@H]1CN2. The Morgan fingerprint density at radius 3 is 2.75 bits per heavy atom. The molecule has 2 atom stereocenters. The predicted molar refractivity (Wildman–Crippen MR) is 31.1 cm³/mol. The molecular formula is C5H11N3. The van der Waals surface area contributed by atoms with E-state index in [0.717, 1.165) is 13.1 Å². The predicted octanol–water partition coefficient (Wildman–Crippen LogP) is -1.09. The zero-order valence-electron chi connectivity index (χ0n) is 4.80. The molecule has 0 radical (unpaired) electrons. The lowest BCUT2D eigenvalue weighted by atomic mass is 10.2. The summed E-state index contributed by atoms with van der Waals surface area (Å²) in [5.41, 5.74) is 0. The molecule has 2 rings (SSSR count). The molecule has 2 aliphatic heterocycles. The quantitative estimate of drug-likeness (QED) is 0.392. The average molecular weight is 113 g/mol. The summed E-state index contributed by atoms with van der Waals surface area (Å²) in [5.74, 6) is 5.61. The third-order valence-corrected chi connectivity index (χ3v) is 2.10. The number of rotatable bonds is 0. The minimum Gasteiger partial charge on any atom is -0.311 e. The summed E-state index contributed by atoms with van der Waals surface area (Å²) < 4.78 is 0. The van der Waals surface area contributed by atoms with Gasteiger partial charge in [-0.25, -0.2) is 5.01 Å². The van der Waals surface area contributed by atoms with Crippen LogP contribution in [0, 0.1) is 0 Å². The monoisotopic (exact) mass is 113 g/mol. The van der Waals surface area contributed by atoms with Crippen LogP contribution < -0.4 is 11.2 Å². The van der Waals surface area contributed by atoms with Crippen LogP contribution in [0.2, 0.25) is 0 Å². The molecule has 0 unspecified atom stereocenters. The van der Waals surface area contributed by atoms with Crippen molar-refractivity contribution in [3.05, 3.63) is 0 Å². The smallest absolute Gasteiger partial charge is 0.0381 e. The van der Waals surface area contributed by atoms with Crippen LogP contribution in [0.5, 0.6) is 0 Å². The number of hydrazine groups is 1. The summed E-state index contributed by atoms with van der Waals surface area (Å²) in [5, 5.41) is 5.31. The van der Waals surface area contributed by atoms with Gasteiger partial charge in [0.1, 0.15) is 0 Å². The van der Waals surface area contributed by atoms with Crippen molar-refractivity contribution < 1.29 is 0 Å². The van der Waals surface area contributed by atoms with Crippen LogP contribution in [0.3, 0.4) is 0 Å². The maximum atomic E-state index is 5.61. The van der Waals surface area contributed by atoms with Crippen LogP contribution in [-0.2, 0) is 0 Å². The molecule has 3 heteroatoms. The van der Waals surface area contributed by atoms with E-state index in [2.05, 4.69) is 5.32 Å². The first-order valence-electron chi connectivity index (χ1n) is 3.11. The fourth-order valence-electron chi connectivity index (χ4n) is 1.59. The highest BCUT2D eigenvalue weighted by atomic mass is 15.5. The van der Waals surface area contributed by atoms with E-state index in [1.807, 2.05) is 5.01 Å². The Kier molecular flexibility index (Phi) is 0.848. The molecule has 2 fully saturated rings. The van der Waals surface area contributed by atoms with Crippen molar-refractivity contribution in [3.8, 4) is 0 Å². The number of fused-ring (bicyclic) bond motifs is 2. The Hall–Kier alpha value is -0.120. The Morgan fingerprint density at radius 1 is 1.62 bits per heavy atom. The lowest BCUT2D eigenvalue weighted by Crippen LogP contribution is -2.47. The fraction of sp³-hybridized carbons (Fsp3) is 1.00. The van der Waals surface area contributed by atoms with Gasteiger partial charge < -0.3 is 5.32 Å². The summed E-state index contributed by atoms with van der Waals surface area (Å²) in [6.07, 6.45) is 1.26. The standard InChI is InChI=1S/C5H11N3/c6-8-3-4-1-5(8)2-7-4/h4-5,7H,1-3,6H2/t4-,5-/m0/s1. The summed E-state index contributed by atoms with van der Waals surface area (Å²) >= 11 is 0. The second-order valence-electron chi connectivity index (χ2n) is 2.69. The van der Waals surface area contributed by atoms with Crippen LogP contribution >= 0.6 is 0 Å². The van der Waals surface area contributed by atoms with Gasteiger partial charge in [-0.05, 0) is 6.42 Å². The Balaban J connectivity index is 2.11.